The number of furan rings is 1. The third-order valence-corrected chi connectivity index (χ3v) is 5.21. The van der Waals surface area contributed by atoms with Crippen molar-refractivity contribution < 1.29 is 18.8 Å². The van der Waals surface area contributed by atoms with Crippen LogP contribution in [0.4, 0.5) is 10.5 Å². The largest absolute Gasteiger partial charge is 0.466 e. The van der Waals surface area contributed by atoms with Crippen LogP contribution in [0.3, 0.4) is 0 Å². The topological polar surface area (TPSA) is 91.7 Å². The summed E-state index contributed by atoms with van der Waals surface area (Å²) in [6, 6.07) is 6.59. The number of benzene rings is 1. The van der Waals surface area contributed by atoms with Gasteiger partial charge in [-0.25, -0.2) is 4.79 Å². The van der Waals surface area contributed by atoms with E-state index in [4.69, 9.17) is 4.42 Å². The summed E-state index contributed by atoms with van der Waals surface area (Å²) in [6.07, 6.45) is 0. The summed E-state index contributed by atoms with van der Waals surface area (Å²) in [5, 5.41) is 5.39. The molecule has 4 amide bonds. The van der Waals surface area contributed by atoms with Crippen LogP contribution in [0.25, 0.3) is 0 Å². The molecule has 1 aliphatic heterocycles. The van der Waals surface area contributed by atoms with Gasteiger partial charge in [0.15, 0.2) is 0 Å². The van der Waals surface area contributed by atoms with Crippen LogP contribution in [0.15, 0.2) is 33.2 Å². The first-order valence-corrected chi connectivity index (χ1v) is 9.18. The molecule has 1 saturated heterocycles. The van der Waals surface area contributed by atoms with Gasteiger partial charge in [-0.05, 0) is 67.4 Å². The van der Waals surface area contributed by atoms with Crippen molar-refractivity contribution in [1.82, 2.24) is 10.2 Å². The van der Waals surface area contributed by atoms with Gasteiger partial charge in [-0.1, -0.05) is 6.07 Å². The number of imide groups is 1. The third kappa shape index (κ3) is 3.49. The lowest BCUT2D eigenvalue weighted by Gasteiger charge is -2.21. The van der Waals surface area contributed by atoms with Crippen molar-refractivity contribution in [2.75, 3.05) is 11.9 Å². The van der Waals surface area contributed by atoms with Crippen LogP contribution in [-0.4, -0.2) is 29.3 Å². The van der Waals surface area contributed by atoms with E-state index in [9.17, 15) is 14.4 Å². The minimum atomic E-state index is -1.26. The lowest BCUT2D eigenvalue weighted by molar-refractivity contribution is -0.133. The predicted octanol–water partition coefficient (Wildman–Crippen LogP) is 3.37. The number of rotatable bonds is 4. The Bertz CT molecular complexity index is 952. The molecule has 0 radical (unpaired) electrons. The van der Waals surface area contributed by atoms with Gasteiger partial charge in [0.1, 0.15) is 23.6 Å². The van der Waals surface area contributed by atoms with Gasteiger partial charge < -0.3 is 15.1 Å². The van der Waals surface area contributed by atoms with Crippen LogP contribution in [0.1, 0.15) is 29.6 Å². The number of urea groups is 1. The summed E-state index contributed by atoms with van der Waals surface area (Å²) in [4.78, 5) is 38.6. The molecule has 8 heteroatoms. The average molecular weight is 434 g/mol. The highest BCUT2D eigenvalue weighted by Gasteiger charge is 2.51. The first kappa shape index (κ1) is 19.2. The number of nitrogens with zero attached hydrogens (tertiary/aromatic N) is 1. The highest BCUT2D eigenvalue weighted by atomic mass is 79.9. The van der Waals surface area contributed by atoms with Gasteiger partial charge in [0, 0.05) is 10.0 Å². The number of amides is 4. The predicted molar refractivity (Wildman–Crippen MR) is 103 cm³/mol. The van der Waals surface area contributed by atoms with E-state index in [2.05, 4.69) is 26.6 Å². The molecule has 1 aromatic carbocycles. The third-order valence-electron chi connectivity index (χ3n) is 4.56. The fourth-order valence-electron chi connectivity index (χ4n) is 3.21. The van der Waals surface area contributed by atoms with Crippen molar-refractivity contribution in [2.45, 2.75) is 33.2 Å². The van der Waals surface area contributed by atoms with E-state index in [-0.39, 0.29) is 6.54 Å². The number of hydrogen-bond donors (Lipinski definition) is 2. The Kier molecular flexibility index (Phi) is 4.86. The average Bonchev–Trinajstić information content (AvgIpc) is 3.02. The lowest BCUT2D eigenvalue weighted by atomic mass is 9.92. The molecule has 2 N–H and O–H groups in total. The van der Waals surface area contributed by atoms with Gasteiger partial charge >= 0.3 is 6.03 Å². The molecular formula is C19H20BrN3O4. The van der Waals surface area contributed by atoms with Gasteiger partial charge in [-0.2, -0.15) is 0 Å². The molecule has 1 unspecified atom stereocenters. The fraction of sp³-hybridized carbons (Fsp3) is 0.316. The summed E-state index contributed by atoms with van der Waals surface area (Å²) in [5.74, 6) is 0.242. The number of nitrogens with one attached hydrogen (secondary N) is 2. The standard InChI is InChI=1S/C19H20BrN3O4/c1-10-5-6-15(14(20)7-10)21-16(24)9-23-17(25)19(4,22-18(23)26)13-8-11(2)27-12(13)3/h5-8H,9H2,1-4H3,(H,21,24)(H,22,26). The number of hydrogen-bond acceptors (Lipinski definition) is 4. The zero-order valence-electron chi connectivity index (χ0n) is 15.5. The van der Waals surface area contributed by atoms with Gasteiger partial charge in [-0.3, -0.25) is 14.5 Å². The Morgan fingerprint density at radius 1 is 1.26 bits per heavy atom. The Labute approximate surface area is 165 Å². The molecule has 1 aromatic heterocycles. The van der Waals surface area contributed by atoms with Gasteiger partial charge in [0.05, 0.1) is 5.69 Å². The monoisotopic (exact) mass is 433 g/mol. The van der Waals surface area contributed by atoms with Gasteiger partial charge in [0.25, 0.3) is 5.91 Å². The lowest BCUT2D eigenvalue weighted by Crippen LogP contribution is -2.42. The Hall–Kier alpha value is -2.61. The molecular weight excluding hydrogens is 414 g/mol. The molecule has 142 valence electrons. The molecule has 0 spiro atoms. The van der Waals surface area contributed by atoms with Crippen molar-refractivity contribution in [3.63, 3.8) is 0 Å². The smallest absolute Gasteiger partial charge is 0.325 e. The maximum atomic E-state index is 12.9. The molecule has 2 aromatic rings. The fourth-order valence-corrected chi connectivity index (χ4v) is 3.80. The maximum absolute atomic E-state index is 12.9. The second kappa shape index (κ2) is 6.84. The van der Waals surface area contributed by atoms with Crippen LogP contribution in [0.5, 0.6) is 0 Å². The quantitative estimate of drug-likeness (QED) is 0.722. The molecule has 1 atom stereocenters. The second-order valence-corrected chi connectivity index (χ2v) is 7.66. The van der Waals surface area contributed by atoms with Gasteiger partial charge in [-0.15, -0.1) is 0 Å². The highest BCUT2D eigenvalue weighted by molar-refractivity contribution is 9.10. The summed E-state index contributed by atoms with van der Waals surface area (Å²) >= 11 is 3.39. The first-order valence-electron chi connectivity index (χ1n) is 8.39. The summed E-state index contributed by atoms with van der Waals surface area (Å²) in [5.41, 5.74) is 0.934. The molecule has 2 heterocycles. The van der Waals surface area contributed by atoms with E-state index >= 15 is 0 Å². The molecule has 0 aliphatic carbocycles. The second-order valence-electron chi connectivity index (χ2n) is 6.80. The van der Waals surface area contributed by atoms with Crippen LogP contribution in [0, 0.1) is 20.8 Å². The van der Waals surface area contributed by atoms with Crippen LogP contribution in [0.2, 0.25) is 0 Å². The zero-order chi connectivity index (χ0) is 19.9. The van der Waals surface area contributed by atoms with E-state index in [1.807, 2.05) is 19.1 Å². The van der Waals surface area contributed by atoms with E-state index < -0.39 is 23.4 Å². The summed E-state index contributed by atoms with van der Waals surface area (Å²) in [7, 11) is 0. The molecule has 3 rings (SSSR count). The SMILES string of the molecule is Cc1ccc(NC(=O)CN2C(=O)NC(C)(c3cc(C)oc3C)C2=O)c(Br)c1. The van der Waals surface area contributed by atoms with Crippen LogP contribution >= 0.6 is 15.9 Å². The van der Waals surface area contributed by atoms with Crippen molar-refractivity contribution in [1.29, 1.82) is 0 Å². The normalized spacial score (nSPS) is 19.4. The minimum absolute atomic E-state index is 0.379. The number of anilines is 1. The highest BCUT2D eigenvalue weighted by Crippen LogP contribution is 2.33. The van der Waals surface area contributed by atoms with Gasteiger partial charge in [0.2, 0.25) is 5.91 Å². The minimum Gasteiger partial charge on any atom is -0.466 e. The number of carbonyl (C=O) groups is 3. The number of carbonyl (C=O) groups excluding carboxylic acids is 3. The van der Waals surface area contributed by atoms with E-state index in [1.165, 1.54) is 0 Å². The Morgan fingerprint density at radius 2 is 1.96 bits per heavy atom. The molecule has 1 fully saturated rings. The molecule has 27 heavy (non-hydrogen) atoms. The molecule has 0 bridgehead atoms. The molecule has 7 nitrogen and oxygen atoms in total. The number of aryl methyl sites for hydroxylation is 3. The molecule has 1 aliphatic rings. The van der Waals surface area contributed by atoms with E-state index in [1.54, 1.807) is 32.9 Å². The maximum Gasteiger partial charge on any atom is 0.325 e. The van der Waals surface area contributed by atoms with Crippen molar-refractivity contribution in [3.05, 3.63) is 51.4 Å². The molecule has 0 saturated carbocycles. The van der Waals surface area contributed by atoms with Crippen LogP contribution < -0.4 is 10.6 Å². The van der Waals surface area contributed by atoms with E-state index in [0.717, 1.165) is 14.9 Å². The Balaban J connectivity index is 1.77. The Morgan fingerprint density at radius 3 is 2.56 bits per heavy atom. The summed E-state index contributed by atoms with van der Waals surface area (Å²) < 4.78 is 6.21. The van der Waals surface area contributed by atoms with E-state index in [0.29, 0.717) is 22.8 Å². The first-order chi connectivity index (χ1) is 12.6. The van der Waals surface area contributed by atoms with Crippen molar-refractivity contribution in [2.24, 2.45) is 0 Å². The van der Waals surface area contributed by atoms with Crippen molar-refractivity contribution >= 4 is 39.5 Å². The van der Waals surface area contributed by atoms with Crippen molar-refractivity contribution in [3.8, 4) is 0 Å². The summed E-state index contributed by atoms with van der Waals surface area (Å²) in [6.45, 7) is 6.67. The number of halogens is 1. The zero-order valence-corrected chi connectivity index (χ0v) is 17.1. The van der Waals surface area contributed by atoms with Crippen LogP contribution in [-0.2, 0) is 15.1 Å².